The van der Waals surface area contributed by atoms with Crippen molar-refractivity contribution in [1.29, 1.82) is 5.26 Å². The number of hydrogen-bond donors (Lipinski definition) is 1. The molecule has 0 aliphatic carbocycles. The van der Waals surface area contributed by atoms with E-state index in [0.29, 0.717) is 41.1 Å². The minimum atomic E-state index is 0.418. The molecule has 6 heteroatoms. The molecule has 0 spiro atoms. The van der Waals surface area contributed by atoms with Crippen molar-refractivity contribution in [3.8, 4) is 17.6 Å². The van der Waals surface area contributed by atoms with Crippen LogP contribution in [0.5, 0.6) is 11.5 Å². The second-order valence-corrected chi connectivity index (χ2v) is 6.06. The Morgan fingerprint density at radius 2 is 2.08 bits per heavy atom. The van der Waals surface area contributed by atoms with Crippen molar-refractivity contribution in [2.45, 2.75) is 6.42 Å². The van der Waals surface area contributed by atoms with E-state index in [1.165, 1.54) is 0 Å². The molecule has 1 aliphatic rings. The molecule has 1 N–H and O–H groups in total. The Morgan fingerprint density at radius 3 is 2.92 bits per heavy atom. The number of nitrogens with one attached hydrogen (secondary N) is 1. The molecule has 2 aromatic carbocycles. The molecule has 5 nitrogen and oxygen atoms in total. The average molecular weight is 352 g/mol. The van der Waals surface area contributed by atoms with Crippen LogP contribution in [0.1, 0.15) is 17.8 Å². The fourth-order valence-electron chi connectivity index (χ4n) is 2.73. The van der Waals surface area contributed by atoms with Crippen LogP contribution in [0.25, 0.3) is 22.7 Å². The van der Waals surface area contributed by atoms with Crippen LogP contribution in [0.3, 0.4) is 0 Å². The lowest BCUT2D eigenvalue weighted by Crippen LogP contribution is -1.97. The highest BCUT2D eigenvalue weighted by molar-refractivity contribution is 6.32. The van der Waals surface area contributed by atoms with E-state index in [9.17, 15) is 5.26 Å². The zero-order valence-corrected chi connectivity index (χ0v) is 14.0. The first-order valence-corrected chi connectivity index (χ1v) is 8.28. The normalized spacial score (nSPS) is 14.2. The number of ether oxygens (including phenoxy) is 2. The minimum absolute atomic E-state index is 0.418. The van der Waals surface area contributed by atoms with E-state index in [-0.39, 0.29) is 0 Å². The van der Waals surface area contributed by atoms with E-state index >= 15 is 0 Å². The van der Waals surface area contributed by atoms with Crippen LogP contribution in [0.15, 0.2) is 36.4 Å². The summed E-state index contributed by atoms with van der Waals surface area (Å²) in [6, 6.07) is 13.4. The van der Waals surface area contributed by atoms with Crippen molar-refractivity contribution in [2.75, 3.05) is 13.2 Å². The number of benzene rings is 2. The topological polar surface area (TPSA) is 70.9 Å². The number of aromatic amines is 1. The van der Waals surface area contributed by atoms with Crippen LogP contribution in [0.4, 0.5) is 0 Å². The number of aromatic nitrogens is 2. The van der Waals surface area contributed by atoms with Gasteiger partial charge in [-0.15, -0.1) is 0 Å². The Kier molecular flexibility index (Phi) is 4.04. The van der Waals surface area contributed by atoms with Gasteiger partial charge in [0.05, 0.1) is 34.8 Å². The van der Waals surface area contributed by atoms with Gasteiger partial charge >= 0.3 is 0 Å². The van der Waals surface area contributed by atoms with Gasteiger partial charge < -0.3 is 14.5 Å². The van der Waals surface area contributed by atoms with Gasteiger partial charge in [0.1, 0.15) is 11.9 Å². The van der Waals surface area contributed by atoms with Crippen molar-refractivity contribution in [3.63, 3.8) is 0 Å². The summed E-state index contributed by atoms with van der Waals surface area (Å²) in [7, 11) is 0. The number of halogens is 1. The summed E-state index contributed by atoms with van der Waals surface area (Å²) in [4.78, 5) is 7.63. The molecule has 1 aromatic heterocycles. The van der Waals surface area contributed by atoms with Crippen LogP contribution < -0.4 is 9.47 Å². The van der Waals surface area contributed by atoms with Gasteiger partial charge in [-0.05, 0) is 35.9 Å². The highest BCUT2D eigenvalue weighted by atomic mass is 35.5. The lowest BCUT2D eigenvalue weighted by atomic mass is 10.1. The largest absolute Gasteiger partial charge is 0.489 e. The maximum absolute atomic E-state index is 9.55. The molecule has 1 aliphatic heterocycles. The summed E-state index contributed by atoms with van der Waals surface area (Å²) in [5.74, 6) is 1.67. The summed E-state index contributed by atoms with van der Waals surface area (Å²) in [6.45, 7) is 1.15. The van der Waals surface area contributed by atoms with Crippen LogP contribution >= 0.6 is 11.6 Å². The van der Waals surface area contributed by atoms with Gasteiger partial charge in [-0.3, -0.25) is 0 Å². The summed E-state index contributed by atoms with van der Waals surface area (Å²) < 4.78 is 11.3. The van der Waals surface area contributed by atoms with Crippen molar-refractivity contribution < 1.29 is 9.47 Å². The van der Waals surface area contributed by atoms with Crippen molar-refractivity contribution in [3.05, 3.63) is 52.8 Å². The van der Waals surface area contributed by atoms with Crippen molar-refractivity contribution >= 4 is 34.3 Å². The Balaban J connectivity index is 1.76. The van der Waals surface area contributed by atoms with E-state index in [0.717, 1.165) is 23.0 Å². The molecule has 4 rings (SSSR count). The molecule has 0 bridgehead atoms. The van der Waals surface area contributed by atoms with Crippen molar-refractivity contribution in [2.24, 2.45) is 0 Å². The molecule has 0 radical (unpaired) electrons. The summed E-state index contributed by atoms with van der Waals surface area (Å²) in [5, 5.41) is 10.0. The third-order valence-electron chi connectivity index (χ3n) is 3.90. The van der Waals surface area contributed by atoms with Crippen LogP contribution in [0, 0.1) is 11.3 Å². The molecule has 0 unspecified atom stereocenters. The molecule has 0 saturated heterocycles. The van der Waals surface area contributed by atoms with E-state index in [2.05, 4.69) is 16.0 Å². The van der Waals surface area contributed by atoms with Crippen LogP contribution in [0.2, 0.25) is 5.02 Å². The fourth-order valence-corrected chi connectivity index (χ4v) is 3.01. The molecule has 3 aromatic rings. The van der Waals surface area contributed by atoms with E-state index < -0.39 is 0 Å². The predicted octanol–water partition coefficient (Wildman–Crippen LogP) is 4.44. The van der Waals surface area contributed by atoms with Crippen molar-refractivity contribution in [1.82, 2.24) is 9.97 Å². The summed E-state index contributed by atoms with van der Waals surface area (Å²) in [6.07, 6.45) is 2.54. The van der Waals surface area contributed by atoms with Gasteiger partial charge in [0, 0.05) is 6.42 Å². The first-order valence-electron chi connectivity index (χ1n) is 7.90. The molecular weight excluding hydrogens is 338 g/mol. The van der Waals surface area contributed by atoms with Crippen LogP contribution in [-0.2, 0) is 0 Å². The predicted molar refractivity (Wildman–Crippen MR) is 96.6 cm³/mol. The third-order valence-corrected chi connectivity index (χ3v) is 4.18. The Labute approximate surface area is 149 Å². The SMILES string of the molecule is N#CC(=Cc1cc(Cl)c2c(c1)OCCCO2)c1nc2ccccc2[nH]1. The lowest BCUT2D eigenvalue weighted by molar-refractivity contribution is 0.297. The van der Waals surface area contributed by atoms with Gasteiger partial charge in [-0.25, -0.2) is 4.98 Å². The third kappa shape index (κ3) is 3.04. The van der Waals surface area contributed by atoms with Gasteiger partial charge in [0.15, 0.2) is 11.5 Å². The zero-order chi connectivity index (χ0) is 17.2. The van der Waals surface area contributed by atoms with E-state index in [4.69, 9.17) is 21.1 Å². The molecule has 0 fully saturated rings. The molecule has 2 heterocycles. The standard InChI is InChI=1S/C19H14ClN3O2/c20-14-9-12(10-17-18(14)25-7-3-6-24-17)8-13(11-21)19-22-15-4-1-2-5-16(15)23-19/h1-2,4-5,8-10H,3,6-7H2,(H,22,23). The van der Waals surface area contributed by atoms with Crippen LogP contribution in [-0.4, -0.2) is 23.2 Å². The zero-order valence-electron chi connectivity index (χ0n) is 13.3. The molecule has 0 atom stereocenters. The second kappa shape index (κ2) is 6.50. The fraction of sp³-hybridized carbons (Fsp3) is 0.158. The Hall–Kier alpha value is -2.97. The van der Waals surface area contributed by atoms with Gasteiger partial charge in [0.25, 0.3) is 0 Å². The lowest BCUT2D eigenvalue weighted by Gasteiger charge is -2.10. The highest BCUT2D eigenvalue weighted by Crippen LogP contribution is 2.38. The monoisotopic (exact) mass is 351 g/mol. The number of para-hydroxylation sites is 2. The number of rotatable bonds is 2. The Bertz CT molecular complexity index is 984. The van der Waals surface area contributed by atoms with E-state index in [1.54, 1.807) is 12.1 Å². The highest BCUT2D eigenvalue weighted by Gasteiger charge is 2.16. The number of fused-ring (bicyclic) bond motifs is 2. The molecule has 25 heavy (non-hydrogen) atoms. The molecular formula is C19H14ClN3O2. The smallest absolute Gasteiger partial charge is 0.179 e. The maximum Gasteiger partial charge on any atom is 0.179 e. The maximum atomic E-state index is 9.55. The number of imidazole rings is 1. The minimum Gasteiger partial charge on any atom is -0.489 e. The number of H-pyrrole nitrogens is 1. The second-order valence-electron chi connectivity index (χ2n) is 5.65. The number of nitriles is 1. The molecule has 0 amide bonds. The number of hydrogen-bond acceptors (Lipinski definition) is 4. The molecule has 124 valence electrons. The average Bonchev–Trinajstić information content (AvgIpc) is 2.90. The number of allylic oxidation sites excluding steroid dienone is 1. The first-order chi connectivity index (χ1) is 12.2. The van der Waals surface area contributed by atoms with Gasteiger partial charge in [-0.1, -0.05) is 23.7 Å². The summed E-state index contributed by atoms with van der Waals surface area (Å²) >= 11 is 6.32. The van der Waals surface area contributed by atoms with Gasteiger partial charge in [-0.2, -0.15) is 5.26 Å². The quantitative estimate of drug-likeness (QED) is 0.693. The van der Waals surface area contributed by atoms with Gasteiger partial charge in [0.2, 0.25) is 0 Å². The van der Waals surface area contributed by atoms with E-state index in [1.807, 2.05) is 30.3 Å². The number of nitrogens with zero attached hydrogens (tertiary/aromatic N) is 2. The Morgan fingerprint density at radius 1 is 1.24 bits per heavy atom. The first kappa shape index (κ1) is 15.6. The summed E-state index contributed by atoms with van der Waals surface area (Å²) in [5.41, 5.74) is 2.87. The molecule has 0 saturated carbocycles.